The number of rotatable bonds is 7. The number of carbonyl (C=O) groups excluding carboxylic acids is 1. The zero-order valence-corrected chi connectivity index (χ0v) is 14.6. The Bertz CT molecular complexity index is 500. The molecule has 1 atom stereocenters. The van der Waals surface area contributed by atoms with Gasteiger partial charge in [-0.15, -0.1) is 0 Å². The van der Waals surface area contributed by atoms with E-state index < -0.39 is 0 Å². The Hall–Kier alpha value is -1.39. The van der Waals surface area contributed by atoms with E-state index in [4.69, 9.17) is 4.74 Å². The SMILES string of the molecule is O=C(CCC1CCCC1)NCC1CN(Cc2ccccc2)CCO1. The molecule has 24 heavy (non-hydrogen) atoms. The summed E-state index contributed by atoms with van der Waals surface area (Å²) in [4.78, 5) is 14.4. The normalized spacial score (nSPS) is 22.6. The van der Waals surface area contributed by atoms with Crippen LogP contribution in [0, 0.1) is 5.92 Å². The van der Waals surface area contributed by atoms with Gasteiger partial charge in [-0.3, -0.25) is 9.69 Å². The molecule has 1 aliphatic heterocycles. The van der Waals surface area contributed by atoms with Crippen LogP contribution in [0.2, 0.25) is 0 Å². The number of hydrogen-bond donors (Lipinski definition) is 1. The molecule has 1 aromatic rings. The number of ether oxygens (including phenoxy) is 1. The quantitative estimate of drug-likeness (QED) is 0.836. The van der Waals surface area contributed by atoms with E-state index in [9.17, 15) is 4.79 Å². The van der Waals surface area contributed by atoms with E-state index in [1.165, 1.54) is 31.2 Å². The molecular weight excluding hydrogens is 300 g/mol. The summed E-state index contributed by atoms with van der Waals surface area (Å²) in [6, 6.07) is 10.5. The molecule has 1 amide bonds. The highest BCUT2D eigenvalue weighted by atomic mass is 16.5. The number of nitrogens with one attached hydrogen (secondary N) is 1. The molecule has 4 nitrogen and oxygen atoms in total. The van der Waals surface area contributed by atoms with Crippen molar-refractivity contribution in [3.63, 3.8) is 0 Å². The van der Waals surface area contributed by atoms with Crippen LogP contribution in [0.5, 0.6) is 0 Å². The van der Waals surface area contributed by atoms with Crippen molar-refractivity contribution in [3.05, 3.63) is 35.9 Å². The average Bonchev–Trinajstić information content (AvgIpc) is 3.13. The lowest BCUT2D eigenvalue weighted by Gasteiger charge is -2.33. The van der Waals surface area contributed by atoms with Gasteiger partial charge < -0.3 is 10.1 Å². The molecule has 1 N–H and O–H groups in total. The van der Waals surface area contributed by atoms with Crippen LogP contribution in [0.1, 0.15) is 44.1 Å². The lowest BCUT2D eigenvalue weighted by atomic mass is 10.0. The van der Waals surface area contributed by atoms with Gasteiger partial charge in [0.2, 0.25) is 5.91 Å². The molecule has 1 heterocycles. The molecule has 0 bridgehead atoms. The first kappa shape index (κ1) is 17.4. The monoisotopic (exact) mass is 330 g/mol. The number of hydrogen-bond acceptors (Lipinski definition) is 3. The standard InChI is InChI=1S/C20H30N2O2/c23-20(11-10-17-6-4-5-7-17)21-14-19-16-22(12-13-24-19)15-18-8-2-1-3-9-18/h1-3,8-9,17,19H,4-7,10-16H2,(H,21,23). The minimum Gasteiger partial charge on any atom is -0.374 e. The Labute approximate surface area is 145 Å². The molecule has 0 radical (unpaired) electrons. The Morgan fingerprint density at radius 3 is 2.79 bits per heavy atom. The lowest BCUT2D eigenvalue weighted by Crippen LogP contribution is -2.47. The number of morpholine rings is 1. The van der Waals surface area contributed by atoms with E-state index in [2.05, 4.69) is 34.5 Å². The zero-order valence-electron chi connectivity index (χ0n) is 14.6. The third-order valence-corrected chi connectivity index (χ3v) is 5.25. The van der Waals surface area contributed by atoms with Gasteiger partial charge in [0, 0.05) is 32.6 Å². The van der Waals surface area contributed by atoms with E-state index in [1.807, 2.05) is 6.07 Å². The smallest absolute Gasteiger partial charge is 0.220 e. The Morgan fingerprint density at radius 1 is 1.21 bits per heavy atom. The van der Waals surface area contributed by atoms with Crippen LogP contribution in [-0.4, -0.2) is 43.2 Å². The predicted octanol–water partition coefficient (Wildman–Crippen LogP) is 2.97. The molecule has 3 rings (SSSR count). The molecule has 2 fully saturated rings. The van der Waals surface area contributed by atoms with E-state index in [1.54, 1.807) is 0 Å². The zero-order chi connectivity index (χ0) is 16.6. The molecule has 1 aliphatic carbocycles. The second-order valence-electron chi connectivity index (χ2n) is 7.21. The number of nitrogens with zero attached hydrogens (tertiary/aromatic N) is 1. The average molecular weight is 330 g/mol. The number of benzene rings is 1. The summed E-state index contributed by atoms with van der Waals surface area (Å²) in [6.07, 6.45) is 7.15. The van der Waals surface area contributed by atoms with Crippen LogP contribution >= 0.6 is 0 Å². The van der Waals surface area contributed by atoms with Gasteiger partial charge in [0.25, 0.3) is 0 Å². The predicted molar refractivity (Wildman–Crippen MR) is 95.7 cm³/mol. The van der Waals surface area contributed by atoms with Gasteiger partial charge in [-0.2, -0.15) is 0 Å². The van der Waals surface area contributed by atoms with Gasteiger partial charge >= 0.3 is 0 Å². The molecule has 1 unspecified atom stereocenters. The molecule has 132 valence electrons. The molecule has 1 saturated carbocycles. The van der Waals surface area contributed by atoms with Crippen molar-refractivity contribution in [2.45, 2.75) is 51.2 Å². The van der Waals surface area contributed by atoms with Crippen LogP contribution < -0.4 is 5.32 Å². The first-order valence-electron chi connectivity index (χ1n) is 9.44. The van der Waals surface area contributed by atoms with Crippen molar-refractivity contribution >= 4 is 5.91 Å². The van der Waals surface area contributed by atoms with Crippen LogP contribution in [-0.2, 0) is 16.1 Å². The second-order valence-corrected chi connectivity index (χ2v) is 7.21. The van der Waals surface area contributed by atoms with Crippen LogP contribution in [0.15, 0.2) is 30.3 Å². The third-order valence-electron chi connectivity index (χ3n) is 5.25. The lowest BCUT2D eigenvalue weighted by molar-refractivity contribution is -0.122. The van der Waals surface area contributed by atoms with Crippen molar-refractivity contribution < 1.29 is 9.53 Å². The van der Waals surface area contributed by atoms with Gasteiger partial charge in [0.1, 0.15) is 0 Å². The highest BCUT2D eigenvalue weighted by Gasteiger charge is 2.21. The summed E-state index contributed by atoms with van der Waals surface area (Å²) in [6.45, 7) is 4.18. The Kier molecular flexibility index (Phi) is 6.67. The van der Waals surface area contributed by atoms with E-state index >= 15 is 0 Å². The summed E-state index contributed by atoms with van der Waals surface area (Å²) in [5, 5.41) is 3.07. The second kappa shape index (κ2) is 9.19. The van der Waals surface area contributed by atoms with Gasteiger partial charge in [-0.25, -0.2) is 0 Å². The van der Waals surface area contributed by atoms with Crippen LogP contribution in [0.3, 0.4) is 0 Å². The van der Waals surface area contributed by atoms with Crippen LogP contribution in [0.25, 0.3) is 0 Å². The third kappa shape index (κ3) is 5.60. The maximum atomic E-state index is 12.0. The molecule has 1 aromatic carbocycles. The topological polar surface area (TPSA) is 41.6 Å². The van der Waals surface area contributed by atoms with Gasteiger partial charge in [-0.05, 0) is 17.9 Å². The van der Waals surface area contributed by atoms with Gasteiger partial charge in [-0.1, -0.05) is 56.0 Å². The molecule has 2 aliphatic rings. The molecule has 1 saturated heterocycles. The minimum absolute atomic E-state index is 0.109. The molecular formula is C20H30N2O2. The molecule has 0 aromatic heterocycles. The first-order valence-corrected chi connectivity index (χ1v) is 9.44. The number of amides is 1. The van der Waals surface area contributed by atoms with E-state index in [0.29, 0.717) is 13.0 Å². The summed E-state index contributed by atoms with van der Waals surface area (Å²) < 4.78 is 5.82. The van der Waals surface area contributed by atoms with Crippen molar-refractivity contribution in [1.29, 1.82) is 0 Å². The molecule has 0 spiro atoms. The fraction of sp³-hybridized carbons (Fsp3) is 0.650. The fourth-order valence-corrected chi connectivity index (χ4v) is 3.84. The largest absolute Gasteiger partial charge is 0.374 e. The van der Waals surface area contributed by atoms with Gasteiger partial charge in [0.05, 0.1) is 12.7 Å². The highest BCUT2D eigenvalue weighted by molar-refractivity contribution is 5.75. The summed E-state index contributed by atoms with van der Waals surface area (Å²) in [5.41, 5.74) is 1.33. The van der Waals surface area contributed by atoms with E-state index in [-0.39, 0.29) is 12.0 Å². The maximum absolute atomic E-state index is 12.0. The Balaban J connectivity index is 1.35. The highest BCUT2D eigenvalue weighted by Crippen LogP contribution is 2.28. The fourth-order valence-electron chi connectivity index (χ4n) is 3.84. The van der Waals surface area contributed by atoms with Crippen LogP contribution in [0.4, 0.5) is 0 Å². The maximum Gasteiger partial charge on any atom is 0.220 e. The Morgan fingerprint density at radius 2 is 2.00 bits per heavy atom. The number of carbonyl (C=O) groups is 1. The van der Waals surface area contributed by atoms with E-state index in [0.717, 1.165) is 38.6 Å². The summed E-state index contributed by atoms with van der Waals surface area (Å²) in [7, 11) is 0. The van der Waals surface area contributed by atoms with Crippen molar-refractivity contribution in [2.24, 2.45) is 5.92 Å². The van der Waals surface area contributed by atoms with Crippen molar-refractivity contribution in [2.75, 3.05) is 26.2 Å². The summed E-state index contributed by atoms with van der Waals surface area (Å²) >= 11 is 0. The first-order chi connectivity index (χ1) is 11.8. The van der Waals surface area contributed by atoms with Crippen molar-refractivity contribution in [1.82, 2.24) is 10.2 Å². The van der Waals surface area contributed by atoms with Crippen molar-refractivity contribution in [3.8, 4) is 0 Å². The summed E-state index contributed by atoms with van der Waals surface area (Å²) in [5.74, 6) is 0.966. The van der Waals surface area contributed by atoms with Gasteiger partial charge in [0.15, 0.2) is 0 Å². The molecule has 4 heteroatoms. The minimum atomic E-state index is 0.109.